The molecule has 4 heterocycles. The summed E-state index contributed by atoms with van der Waals surface area (Å²) < 4.78 is 2.10. The maximum Gasteiger partial charge on any atom is 0.253 e. The van der Waals surface area contributed by atoms with Crippen molar-refractivity contribution in [1.29, 1.82) is 0 Å². The van der Waals surface area contributed by atoms with Crippen LogP contribution in [0.5, 0.6) is 0 Å². The van der Waals surface area contributed by atoms with Crippen LogP contribution in [0.4, 0.5) is 0 Å². The van der Waals surface area contributed by atoms with Crippen LogP contribution in [0.1, 0.15) is 87.5 Å². The normalized spacial score (nSPS) is 19.1. The van der Waals surface area contributed by atoms with Crippen molar-refractivity contribution in [2.45, 2.75) is 90.9 Å². The molecule has 7 heteroatoms. The van der Waals surface area contributed by atoms with Crippen molar-refractivity contribution in [3.63, 3.8) is 0 Å². The lowest BCUT2D eigenvalue weighted by Gasteiger charge is -2.41. The molecule has 1 saturated carbocycles. The third-order valence-electron chi connectivity index (χ3n) is 7.44. The summed E-state index contributed by atoms with van der Waals surface area (Å²) in [7, 11) is 0. The Kier molecular flexibility index (Phi) is 5.94. The van der Waals surface area contributed by atoms with Gasteiger partial charge in [-0.1, -0.05) is 12.7 Å². The maximum atomic E-state index is 12.6. The maximum absolute atomic E-state index is 12.6. The van der Waals surface area contributed by atoms with Crippen LogP contribution in [-0.2, 0) is 6.54 Å². The Bertz CT molecular complexity index is 1430. The predicted molar refractivity (Wildman–Crippen MR) is 147 cm³/mol. The Labute approximate surface area is 213 Å². The standard InChI is InChI=1S/C29H38N6O/c1-17-11-18(2)32-27(36)23(17)15-30-19(3)22-12-25(20-13-28(4,5)34-29(6,7)14-20)33-26-24(22)16-31-35(26)21-9-8-10-21/h11-13,16,21,30,34H,3,8-10,14-15H2,1-2,4-7H3,(H,32,36). The van der Waals surface area contributed by atoms with E-state index >= 15 is 0 Å². The molecule has 1 aliphatic heterocycles. The van der Waals surface area contributed by atoms with Gasteiger partial charge in [0.05, 0.1) is 17.9 Å². The van der Waals surface area contributed by atoms with E-state index in [9.17, 15) is 4.79 Å². The number of rotatable bonds is 6. The van der Waals surface area contributed by atoms with Crippen molar-refractivity contribution in [2.75, 3.05) is 0 Å². The first-order valence-electron chi connectivity index (χ1n) is 12.9. The average Bonchev–Trinajstić information content (AvgIpc) is 3.12. The van der Waals surface area contributed by atoms with E-state index < -0.39 is 0 Å². The first-order valence-corrected chi connectivity index (χ1v) is 12.9. The Morgan fingerprint density at radius 1 is 1.22 bits per heavy atom. The zero-order valence-corrected chi connectivity index (χ0v) is 22.4. The van der Waals surface area contributed by atoms with Crippen LogP contribution >= 0.6 is 0 Å². The average molecular weight is 487 g/mol. The summed E-state index contributed by atoms with van der Waals surface area (Å²) in [6.45, 7) is 17.5. The van der Waals surface area contributed by atoms with Crippen LogP contribution in [0.15, 0.2) is 35.8 Å². The van der Waals surface area contributed by atoms with E-state index in [0.29, 0.717) is 12.6 Å². The highest BCUT2D eigenvalue weighted by Crippen LogP contribution is 2.37. The number of pyridine rings is 2. The lowest BCUT2D eigenvalue weighted by atomic mass is 9.82. The number of hydrogen-bond donors (Lipinski definition) is 3. The van der Waals surface area contributed by atoms with Crippen LogP contribution in [0, 0.1) is 13.8 Å². The van der Waals surface area contributed by atoms with Crippen molar-refractivity contribution in [2.24, 2.45) is 0 Å². The van der Waals surface area contributed by atoms with Gasteiger partial charge in [-0.15, -0.1) is 0 Å². The van der Waals surface area contributed by atoms with Crippen molar-refractivity contribution in [1.82, 2.24) is 30.4 Å². The van der Waals surface area contributed by atoms with E-state index in [1.807, 2.05) is 26.1 Å². The van der Waals surface area contributed by atoms with Crippen molar-refractivity contribution < 1.29 is 0 Å². The molecule has 0 radical (unpaired) electrons. The number of aryl methyl sites for hydroxylation is 2. The Hall–Kier alpha value is -3.19. The van der Waals surface area contributed by atoms with Gasteiger partial charge in [0.2, 0.25) is 0 Å². The van der Waals surface area contributed by atoms with E-state index in [-0.39, 0.29) is 16.6 Å². The third-order valence-corrected chi connectivity index (χ3v) is 7.44. The van der Waals surface area contributed by atoms with Crippen molar-refractivity contribution in [3.05, 3.63) is 69.4 Å². The molecule has 3 N–H and O–H groups in total. The Balaban J connectivity index is 1.56. The molecular weight excluding hydrogens is 448 g/mol. The number of H-pyrrole nitrogens is 1. The molecule has 36 heavy (non-hydrogen) atoms. The van der Waals surface area contributed by atoms with E-state index in [1.54, 1.807) is 0 Å². The second-order valence-electron chi connectivity index (χ2n) is 11.8. The monoisotopic (exact) mass is 486 g/mol. The molecule has 5 rings (SSSR count). The van der Waals surface area contributed by atoms with Crippen molar-refractivity contribution >= 4 is 22.3 Å². The van der Waals surface area contributed by atoms with E-state index in [0.717, 1.165) is 64.1 Å². The topological polar surface area (TPSA) is 87.6 Å². The van der Waals surface area contributed by atoms with Gasteiger partial charge in [-0.2, -0.15) is 5.10 Å². The molecule has 0 saturated heterocycles. The Morgan fingerprint density at radius 3 is 2.61 bits per heavy atom. The quantitative estimate of drug-likeness (QED) is 0.448. The number of nitrogens with one attached hydrogen (secondary N) is 3. The number of aromatic nitrogens is 4. The molecule has 0 unspecified atom stereocenters. The first-order chi connectivity index (χ1) is 16.9. The summed E-state index contributed by atoms with van der Waals surface area (Å²) in [4.78, 5) is 20.6. The molecule has 2 aliphatic rings. The minimum atomic E-state index is -0.138. The molecule has 0 bridgehead atoms. The van der Waals surface area contributed by atoms with Crippen LogP contribution in [0.2, 0.25) is 0 Å². The molecule has 0 aromatic carbocycles. The van der Waals surface area contributed by atoms with Gasteiger partial charge in [0.15, 0.2) is 5.65 Å². The Morgan fingerprint density at radius 2 is 1.97 bits per heavy atom. The molecule has 1 fully saturated rings. The zero-order valence-electron chi connectivity index (χ0n) is 22.4. The predicted octanol–water partition coefficient (Wildman–Crippen LogP) is 5.16. The minimum Gasteiger partial charge on any atom is -0.381 e. The van der Waals surface area contributed by atoms with E-state index in [4.69, 9.17) is 10.1 Å². The fourth-order valence-corrected chi connectivity index (χ4v) is 5.80. The van der Waals surface area contributed by atoms with Gasteiger partial charge in [0, 0.05) is 45.5 Å². The second-order valence-corrected chi connectivity index (χ2v) is 11.8. The van der Waals surface area contributed by atoms with E-state index in [1.165, 1.54) is 12.0 Å². The smallest absolute Gasteiger partial charge is 0.253 e. The first kappa shape index (κ1) is 24.5. The number of nitrogens with zero attached hydrogens (tertiary/aromatic N) is 3. The zero-order chi connectivity index (χ0) is 25.8. The lowest BCUT2D eigenvalue weighted by Crippen LogP contribution is -2.53. The molecule has 3 aromatic rings. The van der Waals surface area contributed by atoms with Crippen LogP contribution < -0.4 is 16.2 Å². The number of hydrogen-bond acceptors (Lipinski definition) is 5. The molecule has 0 spiro atoms. The molecule has 1 aliphatic carbocycles. The highest BCUT2D eigenvalue weighted by molar-refractivity contribution is 5.91. The molecule has 3 aromatic heterocycles. The van der Waals surface area contributed by atoms with Gasteiger partial charge < -0.3 is 15.6 Å². The van der Waals surface area contributed by atoms with E-state index in [2.05, 4.69) is 66.7 Å². The van der Waals surface area contributed by atoms with Crippen LogP contribution in [-0.4, -0.2) is 30.8 Å². The van der Waals surface area contributed by atoms with Gasteiger partial charge in [-0.25, -0.2) is 9.67 Å². The van der Waals surface area contributed by atoms with Crippen LogP contribution in [0.25, 0.3) is 22.3 Å². The van der Waals surface area contributed by atoms with Crippen molar-refractivity contribution in [3.8, 4) is 0 Å². The molecule has 7 nitrogen and oxygen atoms in total. The summed E-state index contributed by atoms with van der Waals surface area (Å²) in [6.07, 6.45) is 8.60. The minimum absolute atomic E-state index is 0.0438. The molecule has 0 atom stereocenters. The summed E-state index contributed by atoms with van der Waals surface area (Å²) in [5.41, 5.74) is 7.18. The SMILES string of the molecule is C=C(NCc1c(C)cc(C)[nH]c1=O)c1cc(C2=CC(C)(C)NC(C)(C)C2)nc2c1cnn2C1CCC1. The largest absolute Gasteiger partial charge is 0.381 e. The summed E-state index contributed by atoms with van der Waals surface area (Å²) in [5, 5.41) is 12.9. The van der Waals surface area contributed by atoms with Gasteiger partial charge in [-0.3, -0.25) is 4.79 Å². The third kappa shape index (κ3) is 4.64. The number of fused-ring (bicyclic) bond motifs is 1. The summed E-state index contributed by atoms with van der Waals surface area (Å²) >= 11 is 0. The fraction of sp³-hybridized carbons (Fsp3) is 0.483. The molecular formula is C29H38N6O. The highest BCUT2D eigenvalue weighted by atomic mass is 16.1. The summed E-state index contributed by atoms with van der Waals surface area (Å²) in [5.74, 6) is 0. The van der Waals surface area contributed by atoms with Crippen LogP contribution in [0.3, 0.4) is 0 Å². The van der Waals surface area contributed by atoms with Gasteiger partial charge >= 0.3 is 0 Å². The van der Waals surface area contributed by atoms with Gasteiger partial charge in [0.25, 0.3) is 5.56 Å². The second kappa shape index (κ2) is 8.73. The molecule has 0 amide bonds. The van der Waals surface area contributed by atoms with Gasteiger partial charge in [-0.05, 0) is 90.5 Å². The summed E-state index contributed by atoms with van der Waals surface area (Å²) in [6, 6.07) is 4.54. The highest BCUT2D eigenvalue weighted by Gasteiger charge is 2.33. The lowest BCUT2D eigenvalue weighted by molar-refractivity contribution is 0.295. The fourth-order valence-electron chi connectivity index (χ4n) is 5.80. The van der Waals surface area contributed by atoms with Gasteiger partial charge in [0.1, 0.15) is 0 Å². The number of aromatic amines is 1. The molecule has 190 valence electrons.